The van der Waals surface area contributed by atoms with E-state index in [9.17, 15) is 14.0 Å². The minimum Gasteiger partial charge on any atom is -0.481 e. The largest absolute Gasteiger partial charge is 0.481 e. The Kier molecular flexibility index (Phi) is 7.01. The Morgan fingerprint density at radius 3 is 2.36 bits per heavy atom. The highest BCUT2D eigenvalue weighted by Gasteiger charge is 2.11. The SMILES string of the molecule is CC(Cc1ccc(NC(=O)CCSc2ccc(F)cc2)cc1)C(=O)O. The summed E-state index contributed by atoms with van der Waals surface area (Å²) in [5, 5.41) is 11.7. The quantitative estimate of drug-likeness (QED) is 0.691. The molecule has 2 rings (SSSR count). The number of amides is 1. The summed E-state index contributed by atoms with van der Waals surface area (Å²) in [4.78, 5) is 23.7. The van der Waals surface area contributed by atoms with E-state index < -0.39 is 11.9 Å². The van der Waals surface area contributed by atoms with E-state index in [4.69, 9.17) is 5.11 Å². The first-order chi connectivity index (χ1) is 11.9. The zero-order valence-corrected chi connectivity index (χ0v) is 14.7. The van der Waals surface area contributed by atoms with E-state index in [0.717, 1.165) is 10.5 Å². The lowest BCUT2D eigenvalue weighted by Gasteiger charge is -2.08. The van der Waals surface area contributed by atoms with Gasteiger partial charge in [0, 0.05) is 22.8 Å². The number of nitrogens with one attached hydrogen (secondary N) is 1. The van der Waals surface area contributed by atoms with Crippen LogP contribution < -0.4 is 5.32 Å². The number of hydrogen-bond donors (Lipinski definition) is 2. The molecule has 2 N–H and O–H groups in total. The minimum absolute atomic E-state index is 0.0961. The Hall–Kier alpha value is -2.34. The monoisotopic (exact) mass is 361 g/mol. The van der Waals surface area contributed by atoms with Crippen LogP contribution in [0.2, 0.25) is 0 Å². The number of carbonyl (C=O) groups excluding carboxylic acids is 1. The molecule has 0 aliphatic heterocycles. The van der Waals surface area contributed by atoms with Gasteiger partial charge in [-0.2, -0.15) is 0 Å². The third kappa shape index (κ3) is 6.58. The number of carbonyl (C=O) groups is 2. The number of hydrogen-bond acceptors (Lipinski definition) is 3. The average molecular weight is 361 g/mol. The molecule has 1 unspecified atom stereocenters. The van der Waals surface area contributed by atoms with Crippen molar-refractivity contribution in [2.75, 3.05) is 11.1 Å². The number of anilines is 1. The maximum Gasteiger partial charge on any atom is 0.306 e. The van der Waals surface area contributed by atoms with Crippen LogP contribution in [0.1, 0.15) is 18.9 Å². The molecule has 0 fully saturated rings. The van der Waals surface area contributed by atoms with E-state index in [-0.39, 0.29) is 11.7 Å². The maximum atomic E-state index is 12.8. The minimum atomic E-state index is -0.823. The van der Waals surface area contributed by atoms with Crippen LogP contribution >= 0.6 is 11.8 Å². The van der Waals surface area contributed by atoms with Gasteiger partial charge in [-0.1, -0.05) is 19.1 Å². The van der Waals surface area contributed by atoms with Crippen LogP contribution in [0.3, 0.4) is 0 Å². The van der Waals surface area contributed by atoms with Crippen LogP contribution in [0.25, 0.3) is 0 Å². The van der Waals surface area contributed by atoms with Gasteiger partial charge in [-0.15, -0.1) is 11.8 Å². The van der Waals surface area contributed by atoms with Crippen molar-refractivity contribution in [3.8, 4) is 0 Å². The van der Waals surface area contributed by atoms with E-state index in [0.29, 0.717) is 24.3 Å². The van der Waals surface area contributed by atoms with Gasteiger partial charge in [-0.05, 0) is 48.4 Å². The summed E-state index contributed by atoms with van der Waals surface area (Å²) in [6.07, 6.45) is 0.803. The Morgan fingerprint density at radius 2 is 1.76 bits per heavy atom. The van der Waals surface area contributed by atoms with Crippen LogP contribution in [0, 0.1) is 11.7 Å². The number of carboxylic acids is 1. The number of aliphatic carboxylic acids is 1. The van der Waals surface area contributed by atoms with E-state index >= 15 is 0 Å². The molecule has 0 spiro atoms. The summed E-state index contributed by atoms with van der Waals surface area (Å²) < 4.78 is 12.8. The lowest BCUT2D eigenvalue weighted by Crippen LogP contribution is -2.13. The van der Waals surface area contributed by atoms with Crippen molar-refractivity contribution in [2.45, 2.75) is 24.7 Å². The van der Waals surface area contributed by atoms with Gasteiger partial charge in [-0.3, -0.25) is 9.59 Å². The molecular weight excluding hydrogens is 341 g/mol. The van der Waals surface area contributed by atoms with Crippen LogP contribution in [-0.4, -0.2) is 22.7 Å². The van der Waals surface area contributed by atoms with E-state index in [1.165, 1.54) is 23.9 Å². The standard InChI is InChI=1S/C19H20FNO3S/c1-13(19(23)24)12-14-2-6-16(7-3-14)21-18(22)10-11-25-17-8-4-15(20)5-9-17/h2-9,13H,10-12H2,1H3,(H,21,22)(H,23,24). The lowest BCUT2D eigenvalue weighted by atomic mass is 10.0. The number of rotatable bonds is 8. The zero-order valence-electron chi connectivity index (χ0n) is 13.9. The van der Waals surface area contributed by atoms with Crippen molar-refractivity contribution in [3.05, 3.63) is 59.9 Å². The molecule has 1 amide bonds. The molecule has 0 aliphatic carbocycles. The second kappa shape index (κ2) is 9.22. The molecule has 25 heavy (non-hydrogen) atoms. The fraction of sp³-hybridized carbons (Fsp3) is 0.263. The Balaban J connectivity index is 1.76. The van der Waals surface area contributed by atoms with Gasteiger partial charge in [0.15, 0.2) is 0 Å². The van der Waals surface area contributed by atoms with Crippen molar-refractivity contribution in [1.29, 1.82) is 0 Å². The average Bonchev–Trinajstić information content (AvgIpc) is 2.58. The molecule has 0 heterocycles. The highest BCUT2D eigenvalue weighted by atomic mass is 32.2. The molecule has 6 heteroatoms. The smallest absolute Gasteiger partial charge is 0.306 e. The molecule has 1 atom stereocenters. The summed E-state index contributed by atoms with van der Waals surface area (Å²) in [6, 6.07) is 13.4. The summed E-state index contributed by atoms with van der Waals surface area (Å²) in [5.74, 6) is -1.03. The topological polar surface area (TPSA) is 66.4 Å². The second-order valence-electron chi connectivity index (χ2n) is 5.74. The highest BCUT2D eigenvalue weighted by molar-refractivity contribution is 7.99. The summed E-state index contributed by atoms with van der Waals surface area (Å²) in [5.41, 5.74) is 1.60. The van der Waals surface area contributed by atoms with Crippen molar-refractivity contribution >= 4 is 29.3 Å². The van der Waals surface area contributed by atoms with Gasteiger partial charge in [0.05, 0.1) is 5.92 Å². The molecule has 2 aromatic carbocycles. The van der Waals surface area contributed by atoms with Crippen molar-refractivity contribution < 1.29 is 19.1 Å². The van der Waals surface area contributed by atoms with Gasteiger partial charge < -0.3 is 10.4 Å². The van der Waals surface area contributed by atoms with Gasteiger partial charge in [0.25, 0.3) is 0 Å². The second-order valence-corrected chi connectivity index (χ2v) is 6.91. The van der Waals surface area contributed by atoms with Crippen LogP contribution in [0.5, 0.6) is 0 Å². The molecule has 4 nitrogen and oxygen atoms in total. The molecule has 0 radical (unpaired) electrons. The van der Waals surface area contributed by atoms with Crippen LogP contribution in [0.15, 0.2) is 53.4 Å². The first kappa shape index (κ1) is 19.0. The van der Waals surface area contributed by atoms with Crippen molar-refractivity contribution in [3.63, 3.8) is 0 Å². The molecule has 0 aliphatic rings. The molecule has 132 valence electrons. The summed E-state index contributed by atoms with van der Waals surface area (Å²) in [6.45, 7) is 1.66. The predicted molar refractivity (Wildman–Crippen MR) is 97.3 cm³/mol. The molecule has 0 aromatic heterocycles. The number of carboxylic acid groups (broad SMARTS) is 1. The third-order valence-electron chi connectivity index (χ3n) is 3.61. The third-order valence-corrected chi connectivity index (χ3v) is 4.63. The highest BCUT2D eigenvalue weighted by Crippen LogP contribution is 2.19. The molecule has 2 aromatic rings. The van der Waals surface area contributed by atoms with Crippen LogP contribution in [0.4, 0.5) is 10.1 Å². The van der Waals surface area contributed by atoms with Gasteiger partial charge in [-0.25, -0.2) is 4.39 Å². The van der Waals surface area contributed by atoms with Crippen molar-refractivity contribution in [1.82, 2.24) is 0 Å². The van der Waals surface area contributed by atoms with E-state index in [2.05, 4.69) is 5.32 Å². The lowest BCUT2D eigenvalue weighted by molar-refractivity contribution is -0.141. The summed E-state index contributed by atoms with van der Waals surface area (Å²) in [7, 11) is 0. The Morgan fingerprint density at radius 1 is 1.12 bits per heavy atom. The normalized spacial score (nSPS) is 11.8. The first-order valence-corrected chi connectivity index (χ1v) is 8.92. The number of halogens is 1. The van der Waals surface area contributed by atoms with E-state index in [1.54, 1.807) is 31.2 Å². The maximum absolute atomic E-state index is 12.8. The fourth-order valence-electron chi connectivity index (χ4n) is 2.18. The number of benzene rings is 2. The zero-order chi connectivity index (χ0) is 18.2. The van der Waals surface area contributed by atoms with Gasteiger partial charge in [0.1, 0.15) is 5.82 Å². The van der Waals surface area contributed by atoms with Crippen molar-refractivity contribution in [2.24, 2.45) is 5.92 Å². The predicted octanol–water partition coefficient (Wildman–Crippen LogP) is 4.21. The van der Waals surface area contributed by atoms with E-state index in [1.807, 2.05) is 12.1 Å². The Labute approximate surface area is 150 Å². The molecule has 0 saturated carbocycles. The number of thioether (sulfide) groups is 1. The molecular formula is C19H20FNO3S. The van der Waals surface area contributed by atoms with Crippen LogP contribution in [-0.2, 0) is 16.0 Å². The summed E-state index contributed by atoms with van der Waals surface area (Å²) >= 11 is 1.50. The molecule has 0 saturated heterocycles. The van der Waals surface area contributed by atoms with Gasteiger partial charge >= 0.3 is 5.97 Å². The Bertz CT molecular complexity index is 716. The molecule has 0 bridgehead atoms. The first-order valence-electron chi connectivity index (χ1n) is 7.94. The van der Waals surface area contributed by atoms with Gasteiger partial charge in [0.2, 0.25) is 5.91 Å². The fourth-order valence-corrected chi connectivity index (χ4v) is 3.03.